The van der Waals surface area contributed by atoms with E-state index in [2.05, 4.69) is 17.0 Å². The number of hydrogen-bond donors (Lipinski definition) is 1. The molecule has 3 nitrogen and oxygen atoms in total. The Morgan fingerprint density at radius 2 is 1.67 bits per heavy atom. The van der Waals surface area contributed by atoms with Gasteiger partial charge in [-0.1, -0.05) is 31.4 Å². The lowest BCUT2D eigenvalue weighted by molar-refractivity contribution is -0.142. The van der Waals surface area contributed by atoms with Crippen molar-refractivity contribution in [1.82, 2.24) is 0 Å². The van der Waals surface area contributed by atoms with Crippen molar-refractivity contribution in [3.63, 3.8) is 0 Å². The lowest BCUT2D eigenvalue weighted by Crippen LogP contribution is -2.57. The third-order valence-electron chi connectivity index (χ3n) is 5.46. The molecule has 0 atom stereocenters. The van der Waals surface area contributed by atoms with Crippen LogP contribution >= 0.6 is 0 Å². The van der Waals surface area contributed by atoms with E-state index in [1.807, 2.05) is 12.1 Å². The summed E-state index contributed by atoms with van der Waals surface area (Å²) in [5.74, 6) is -0.777. The van der Waals surface area contributed by atoms with Gasteiger partial charge in [-0.15, -0.1) is 0 Å². The Balaban J connectivity index is 1.68. The molecule has 1 saturated heterocycles. The zero-order chi connectivity index (χ0) is 15.1. The topological polar surface area (TPSA) is 40.5 Å². The maximum absolute atomic E-state index is 11.3. The van der Waals surface area contributed by atoms with Crippen LogP contribution in [0.1, 0.15) is 51.5 Å². The quantitative estimate of drug-likeness (QED) is 0.918. The molecule has 3 rings (SSSR count). The highest BCUT2D eigenvalue weighted by Crippen LogP contribution is 2.45. The standard InChI is InChI=1S/C18H25NO2/c1-17(2,16(20)21)14-6-8-15(9-7-14)19-12-18(13-19)10-4-3-5-11-18/h6-9H,3-5,10-13H2,1-2H3,(H,20,21). The molecule has 1 heterocycles. The predicted molar refractivity (Wildman–Crippen MR) is 84.8 cm³/mol. The molecule has 1 saturated carbocycles. The van der Waals surface area contributed by atoms with Gasteiger partial charge in [-0.25, -0.2) is 0 Å². The number of carboxylic acid groups (broad SMARTS) is 1. The van der Waals surface area contributed by atoms with Crippen molar-refractivity contribution >= 4 is 11.7 Å². The Morgan fingerprint density at radius 1 is 1.10 bits per heavy atom. The summed E-state index contributed by atoms with van der Waals surface area (Å²) in [6.45, 7) is 5.86. The number of nitrogens with zero attached hydrogens (tertiary/aromatic N) is 1. The zero-order valence-corrected chi connectivity index (χ0v) is 13.1. The number of rotatable bonds is 3. The fourth-order valence-corrected chi connectivity index (χ4v) is 3.78. The fraction of sp³-hybridized carbons (Fsp3) is 0.611. The van der Waals surface area contributed by atoms with E-state index in [9.17, 15) is 9.90 Å². The van der Waals surface area contributed by atoms with E-state index in [0.717, 1.165) is 5.56 Å². The van der Waals surface area contributed by atoms with Crippen molar-refractivity contribution in [2.75, 3.05) is 18.0 Å². The van der Waals surface area contributed by atoms with E-state index in [1.54, 1.807) is 13.8 Å². The van der Waals surface area contributed by atoms with Gasteiger partial charge in [0.25, 0.3) is 0 Å². The average molecular weight is 287 g/mol. The van der Waals surface area contributed by atoms with Crippen molar-refractivity contribution in [2.45, 2.75) is 51.4 Å². The summed E-state index contributed by atoms with van der Waals surface area (Å²) in [6.07, 6.45) is 6.95. The first-order valence-corrected chi connectivity index (χ1v) is 8.02. The molecule has 0 aromatic heterocycles. The Morgan fingerprint density at radius 3 is 2.19 bits per heavy atom. The number of carboxylic acids is 1. The van der Waals surface area contributed by atoms with Crippen molar-refractivity contribution in [3.8, 4) is 0 Å². The van der Waals surface area contributed by atoms with Crippen LogP contribution in [0.3, 0.4) is 0 Å². The maximum Gasteiger partial charge on any atom is 0.313 e. The highest BCUT2D eigenvalue weighted by atomic mass is 16.4. The Bertz CT molecular complexity index is 519. The average Bonchev–Trinajstić information content (AvgIpc) is 2.45. The Hall–Kier alpha value is -1.51. The third kappa shape index (κ3) is 2.54. The third-order valence-corrected chi connectivity index (χ3v) is 5.46. The van der Waals surface area contributed by atoms with Crippen molar-refractivity contribution in [2.24, 2.45) is 5.41 Å². The molecule has 1 spiro atoms. The van der Waals surface area contributed by atoms with Crippen LogP contribution in [-0.2, 0) is 10.2 Å². The number of hydrogen-bond acceptors (Lipinski definition) is 2. The van der Waals surface area contributed by atoms with Crippen molar-refractivity contribution in [1.29, 1.82) is 0 Å². The molecule has 1 aromatic rings. The van der Waals surface area contributed by atoms with Gasteiger partial charge in [-0.05, 0) is 44.4 Å². The van der Waals surface area contributed by atoms with E-state index in [-0.39, 0.29) is 0 Å². The van der Waals surface area contributed by atoms with Crippen LogP contribution in [-0.4, -0.2) is 24.2 Å². The van der Waals surface area contributed by atoms with E-state index in [0.29, 0.717) is 5.41 Å². The molecule has 0 amide bonds. The highest BCUT2D eigenvalue weighted by Gasteiger charge is 2.43. The van der Waals surface area contributed by atoms with Crippen LogP contribution in [0.5, 0.6) is 0 Å². The minimum Gasteiger partial charge on any atom is -0.481 e. The molecule has 114 valence electrons. The highest BCUT2D eigenvalue weighted by molar-refractivity contribution is 5.80. The van der Waals surface area contributed by atoms with Gasteiger partial charge in [0.2, 0.25) is 0 Å². The number of carbonyl (C=O) groups is 1. The number of anilines is 1. The van der Waals surface area contributed by atoms with E-state index >= 15 is 0 Å². The minimum absolute atomic E-state index is 0.581. The largest absolute Gasteiger partial charge is 0.481 e. The molecule has 1 aliphatic carbocycles. The van der Waals surface area contributed by atoms with Crippen LogP contribution in [0.2, 0.25) is 0 Å². The molecular formula is C18H25NO2. The molecule has 0 bridgehead atoms. The fourth-order valence-electron chi connectivity index (χ4n) is 3.78. The lowest BCUT2D eigenvalue weighted by Gasteiger charge is -2.53. The van der Waals surface area contributed by atoms with Gasteiger partial charge in [0, 0.05) is 24.2 Å². The summed E-state index contributed by atoms with van der Waals surface area (Å²) >= 11 is 0. The minimum atomic E-state index is -0.821. The second kappa shape index (κ2) is 5.04. The lowest BCUT2D eigenvalue weighted by atomic mass is 9.68. The van der Waals surface area contributed by atoms with Gasteiger partial charge in [-0.3, -0.25) is 4.79 Å². The second-order valence-electron chi connectivity index (χ2n) is 7.39. The predicted octanol–water partition coefficient (Wildman–Crippen LogP) is 3.82. The molecule has 0 radical (unpaired) electrons. The Labute approximate surface area is 127 Å². The summed E-state index contributed by atoms with van der Waals surface area (Å²) in [6, 6.07) is 8.09. The summed E-state index contributed by atoms with van der Waals surface area (Å²) in [7, 11) is 0. The second-order valence-corrected chi connectivity index (χ2v) is 7.39. The molecule has 3 heteroatoms. The Kier molecular flexibility index (Phi) is 3.46. The van der Waals surface area contributed by atoms with Gasteiger partial charge >= 0.3 is 5.97 Å². The van der Waals surface area contributed by atoms with Crippen LogP contribution in [0, 0.1) is 5.41 Å². The summed E-state index contributed by atoms with van der Waals surface area (Å²) in [5.41, 5.74) is 1.86. The summed E-state index contributed by atoms with van der Waals surface area (Å²) in [4.78, 5) is 13.7. The molecule has 1 aromatic carbocycles. The van der Waals surface area contributed by atoms with Crippen LogP contribution in [0.4, 0.5) is 5.69 Å². The monoisotopic (exact) mass is 287 g/mol. The van der Waals surface area contributed by atoms with Gasteiger partial charge in [0.15, 0.2) is 0 Å². The van der Waals surface area contributed by atoms with E-state index in [4.69, 9.17) is 0 Å². The first-order valence-electron chi connectivity index (χ1n) is 8.02. The molecule has 2 aliphatic rings. The molecule has 1 aliphatic heterocycles. The van der Waals surface area contributed by atoms with Gasteiger partial charge < -0.3 is 10.0 Å². The first kappa shape index (κ1) is 14.4. The first-order chi connectivity index (χ1) is 9.93. The summed E-state index contributed by atoms with van der Waals surface area (Å²) in [5, 5.41) is 9.29. The SMILES string of the molecule is CC(C)(C(=O)O)c1ccc(N2CC3(CCCCC3)C2)cc1. The number of benzene rings is 1. The normalized spacial score (nSPS) is 21.1. The molecule has 21 heavy (non-hydrogen) atoms. The molecular weight excluding hydrogens is 262 g/mol. The van der Waals surface area contributed by atoms with Gasteiger partial charge in [0.1, 0.15) is 0 Å². The van der Waals surface area contributed by atoms with Crippen LogP contribution < -0.4 is 4.90 Å². The number of aliphatic carboxylic acids is 1. The van der Waals surface area contributed by atoms with Gasteiger partial charge in [-0.2, -0.15) is 0 Å². The molecule has 2 fully saturated rings. The molecule has 0 unspecified atom stereocenters. The summed E-state index contributed by atoms with van der Waals surface area (Å²) < 4.78 is 0. The smallest absolute Gasteiger partial charge is 0.313 e. The van der Waals surface area contributed by atoms with E-state index < -0.39 is 11.4 Å². The van der Waals surface area contributed by atoms with Crippen LogP contribution in [0.15, 0.2) is 24.3 Å². The zero-order valence-electron chi connectivity index (χ0n) is 13.1. The van der Waals surface area contributed by atoms with E-state index in [1.165, 1.54) is 50.9 Å². The molecule has 1 N–H and O–H groups in total. The van der Waals surface area contributed by atoms with Crippen molar-refractivity contribution < 1.29 is 9.90 Å². The van der Waals surface area contributed by atoms with Crippen LogP contribution in [0.25, 0.3) is 0 Å². The van der Waals surface area contributed by atoms with Gasteiger partial charge in [0.05, 0.1) is 5.41 Å². The van der Waals surface area contributed by atoms with Crippen molar-refractivity contribution in [3.05, 3.63) is 29.8 Å². The maximum atomic E-state index is 11.3.